The highest BCUT2D eigenvalue weighted by Gasteiger charge is 2.56. The largest absolute Gasteiger partial charge is 0.453 e. The van der Waals surface area contributed by atoms with Crippen molar-refractivity contribution < 1.29 is 22.0 Å². The molecule has 0 unspecified atom stereocenters. The normalized spacial score (nSPS) is 13.8. The molecule has 0 aliphatic heterocycles. The van der Waals surface area contributed by atoms with Gasteiger partial charge in [0.2, 0.25) is 0 Å². The first-order valence-corrected chi connectivity index (χ1v) is 2.76. The van der Waals surface area contributed by atoms with E-state index in [1.54, 1.807) is 0 Å². The van der Waals surface area contributed by atoms with Gasteiger partial charge in [-0.15, -0.1) is 0 Å². The average molecular weight is 162 g/mol. The Hall–Kier alpha value is -0.350. The third kappa shape index (κ3) is 2.11. The molecule has 0 N–H and O–H groups in total. The molecule has 0 atom stereocenters. The number of halogens is 5. The van der Waals surface area contributed by atoms with Gasteiger partial charge in [0.25, 0.3) is 0 Å². The Labute approximate surface area is 55.0 Å². The standard InChI is InChI=1S/C5H7F5/c1-2-3-4(6,7)5(8,9)10/h2-3H2,1H3. The summed E-state index contributed by atoms with van der Waals surface area (Å²) in [6, 6.07) is 0. The summed E-state index contributed by atoms with van der Waals surface area (Å²) in [4.78, 5) is 0. The van der Waals surface area contributed by atoms with Gasteiger partial charge in [-0.3, -0.25) is 0 Å². The number of alkyl halides is 5. The van der Waals surface area contributed by atoms with E-state index in [1.807, 2.05) is 0 Å². The maximum Gasteiger partial charge on any atom is 0.453 e. The van der Waals surface area contributed by atoms with Gasteiger partial charge >= 0.3 is 12.1 Å². The SMILES string of the molecule is CCCC(F)(F)C(F)(F)F. The molecule has 0 spiro atoms. The zero-order valence-corrected chi connectivity index (χ0v) is 5.30. The molecule has 0 fully saturated rings. The predicted octanol–water partition coefficient (Wildman–Crippen LogP) is 2.98. The van der Waals surface area contributed by atoms with Crippen LogP contribution in [0.25, 0.3) is 0 Å². The van der Waals surface area contributed by atoms with Crippen LogP contribution in [0.2, 0.25) is 0 Å². The van der Waals surface area contributed by atoms with Crippen molar-refractivity contribution in [3.05, 3.63) is 0 Å². The van der Waals surface area contributed by atoms with Gasteiger partial charge in [0.05, 0.1) is 0 Å². The molecule has 0 nitrogen and oxygen atoms in total. The summed E-state index contributed by atoms with van der Waals surface area (Å²) < 4.78 is 57.4. The Morgan fingerprint density at radius 1 is 1.00 bits per heavy atom. The van der Waals surface area contributed by atoms with Crippen LogP contribution >= 0.6 is 0 Å². The van der Waals surface area contributed by atoms with E-state index in [2.05, 4.69) is 0 Å². The summed E-state index contributed by atoms with van der Waals surface area (Å²) >= 11 is 0. The van der Waals surface area contributed by atoms with Crippen LogP contribution in [0.3, 0.4) is 0 Å². The Morgan fingerprint density at radius 2 is 1.40 bits per heavy atom. The van der Waals surface area contributed by atoms with Crippen LogP contribution in [0.4, 0.5) is 22.0 Å². The molecule has 0 aromatic heterocycles. The van der Waals surface area contributed by atoms with Crippen LogP contribution in [-0.2, 0) is 0 Å². The molecule has 0 rings (SSSR count). The van der Waals surface area contributed by atoms with Crippen molar-refractivity contribution >= 4 is 0 Å². The minimum Gasteiger partial charge on any atom is -0.196 e. The summed E-state index contributed by atoms with van der Waals surface area (Å²) in [5.74, 6) is -4.51. The number of rotatable bonds is 2. The van der Waals surface area contributed by atoms with Gasteiger partial charge in [-0.25, -0.2) is 0 Å². The third-order valence-corrected chi connectivity index (χ3v) is 0.979. The van der Waals surface area contributed by atoms with Crippen molar-refractivity contribution in [2.75, 3.05) is 0 Å². The summed E-state index contributed by atoms with van der Waals surface area (Å²) in [5.41, 5.74) is 0. The van der Waals surface area contributed by atoms with E-state index in [1.165, 1.54) is 6.92 Å². The minimum absolute atomic E-state index is 0.174. The second-order valence-corrected chi connectivity index (χ2v) is 1.95. The van der Waals surface area contributed by atoms with E-state index in [0.29, 0.717) is 0 Å². The van der Waals surface area contributed by atoms with Gasteiger partial charge in [0, 0.05) is 6.42 Å². The fraction of sp³-hybridized carbons (Fsp3) is 1.00. The molecule has 0 radical (unpaired) electrons. The van der Waals surface area contributed by atoms with Crippen LogP contribution in [0.5, 0.6) is 0 Å². The van der Waals surface area contributed by atoms with Crippen molar-refractivity contribution in [2.24, 2.45) is 0 Å². The van der Waals surface area contributed by atoms with Crippen molar-refractivity contribution in [3.8, 4) is 0 Å². The molecule has 0 saturated heterocycles. The first-order valence-electron chi connectivity index (χ1n) is 2.76. The smallest absolute Gasteiger partial charge is 0.196 e. The molecule has 0 heterocycles. The van der Waals surface area contributed by atoms with Crippen LogP contribution in [0, 0.1) is 0 Å². The molecule has 5 heteroatoms. The summed E-state index contributed by atoms with van der Waals surface area (Å²) in [6.07, 6.45) is -6.69. The fourth-order valence-corrected chi connectivity index (χ4v) is 0.456. The maximum atomic E-state index is 11.8. The lowest BCUT2D eigenvalue weighted by molar-refractivity contribution is -0.284. The molecule has 0 bridgehead atoms. The second kappa shape index (κ2) is 2.72. The minimum atomic E-state index is -5.39. The van der Waals surface area contributed by atoms with Gasteiger partial charge in [-0.05, 0) is 0 Å². The van der Waals surface area contributed by atoms with E-state index in [9.17, 15) is 22.0 Å². The van der Waals surface area contributed by atoms with Crippen molar-refractivity contribution in [1.29, 1.82) is 0 Å². The lowest BCUT2D eigenvalue weighted by atomic mass is 10.2. The van der Waals surface area contributed by atoms with Gasteiger partial charge in [-0.2, -0.15) is 22.0 Å². The third-order valence-electron chi connectivity index (χ3n) is 0.979. The molecular formula is C5H7F5. The van der Waals surface area contributed by atoms with Crippen molar-refractivity contribution in [2.45, 2.75) is 31.9 Å². The second-order valence-electron chi connectivity index (χ2n) is 1.95. The maximum absolute atomic E-state index is 11.8. The van der Waals surface area contributed by atoms with Gasteiger partial charge in [-0.1, -0.05) is 13.3 Å². The molecule has 62 valence electrons. The van der Waals surface area contributed by atoms with Gasteiger partial charge < -0.3 is 0 Å². The van der Waals surface area contributed by atoms with Crippen LogP contribution < -0.4 is 0 Å². The topological polar surface area (TPSA) is 0 Å². The zero-order valence-electron chi connectivity index (χ0n) is 5.30. The van der Waals surface area contributed by atoms with Crippen LogP contribution in [-0.4, -0.2) is 12.1 Å². The number of hydrogen-bond acceptors (Lipinski definition) is 0. The highest BCUT2D eigenvalue weighted by atomic mass is 19.4. The molecule has 10 heavy (non-hydrogen) atoms. The first kappa shape index (κ1) is 9.65. The van der Waals surface area contributed by atoms with Gasteiger partial charge in [0.15, 0.2) is 0 Å². The Balaban J connectivity index is 4.10. The van der Waals surface area contributed by atoms with E-state index in [0.717, 1.165) is 0 Å². The van der Waals surface area contributed by atoms with E-state index < -0.39 is 18.5 Å². The lowest BCUT2D eigenvalue weighted by Crippen LogP contribution is -2.35. The Kier molecular flexibility index (Phi) is 2.62. The number of hydrogen-bond donors (Lipinski definition) is 0. The van der Waals surface area contributed by atoms with E-state index in [4.69, 9.17) is 0 Å². The molecule has 0 aliphatic carbocycles. The van der Waals surface area contributed by atoms with Crippen molar-refractivity contribution in [3.63, 3.8) is 0 Å². The molecule has 0 aliphatic rings. The molecule has 0 saturated carbocycles. The van der Waals surface area contributed by atoms with E-state index >= 15 is 0 Å². The van der Waals surface area contributed by atoms with Crippen LogP contribution in [0.1, 0.15) is 19.8 Å². The summed E-state index contributed by atoms with van der Waals surface area (Å²) in [5, 5.41) is 0. The Morgan fingerprint density at radius 3 is 1.50 bits per heavy atom. The molecular weight excluding hydrogens is 155 g/mol. The molecule has 0 aromatic rings. The Bertz CT molecular complexity index is 103. The predicted molar refractivity (Wildman–Crippen MR) is 25.9 cm³/mol. The summed E-state index contributed by atoms with van der Waals surface area (Å²) in [7, 11) is 0. The molecule has 0 amide bonds. The van der Waals surface area contributed by atoms with Crippen LogP contribution in [0.15, 0.2) is 0 Å². The zero-order chi connectivity index (χ0) is 8.41. The lowest BCUT2D eigenvalue weighted by Gasteiger charge is -2.18. The first-order chi connectivity index (χ1) is 4.31. The highest BCUT2D eigenvalue weighted by Crippen LogP contribution is 2.38. The average Bonchev–Trinajstić information content (AvgIpc) is 1.61. The highest BCUT2D eigenvalue weighted by molar-refractivity contribution is 4.74. The fourth-order valence-electron chi connectivity index (χ4n) is 0.456. The van der Waals surface area contributed by atoms with Crippen molar-refractivity contribution in [1.82, 2.24) is 0 Å². The van der Waals surface area contributed by atoms with E-state index in [-0.39, 0.29) is 6.42 Å². The monoisotopic (exact) mass is 162 g/mol. The quantitative estimate of drug-likeness (QED) is 0.547. The summed E-state index contributed by atoms with van der Waals surface area (Å²) in [6.45, 7) is 1.28. The van der Waals surface area contributed by atoms with Gasteiger partial charge in [0.1, 0.15) is 0 Å². The molecule has 0 aromatic carbocycles.